The lowest BCUT2D eigenvalue weighted by atomic mass is 10.0. The van der Waals surface area contributed by atoms with Crippen molar-refractivity contribution in [1.82, 2.24) is 9.80 Å². The minimum Gasteiger partial charge on any atom is -0.335 e. The van der Waals surface area contributed by atoms with Crippen LogP contribution in [0.3, 0.4) is 0 Å². The smallest absolute Gasteiger partial charge is 0.269 e. The number of nitro groups is 1. The molecule has 1 aliphatic rings. The largest absolute Gasteiger partial charge is 0.335 e. The summed E-state index contributed by atoms with van der Waals surface area (Å²) in [5.41, 5.74) is 1.40. The van der Waals surface area contributed by atoms with Crippen molar-refractivity contribution in [2.45, 2.75) is 32.7 Å². The highest BCUT2D eigenvalue weighted by atomic mass is 16.6. The number of nitrogens with zero attached hydrogens (tertiary/aromatic N) is 3. The number of carbonyl (C=O) groups is 3. The molecule has 0 spiro atoms. The highest BCUT2D eigenvalue weighted by Gasteiger charge is 2.35. The summed E-state index contributed by atoms with van der Waals surface area (Å²) in [6.07, 6.45) is 1.58. The monoisotopic (exact) mass is 409 g/mol. The molecule has 2 aromatic rings. The molecule has 0 aromatic heterocycles. The quantitative estimate of drug-likeness (QED) is 0.393. The fraction of sp³-hybridized carbons (Fsp3) is 0.318. The third-order valence-corrected chi connectivity index (χ3v) is 5.42. The van der Waals surface area contributed by atoms with E-state index in [1.165, 1.54) is 40.1 Å². The number of non-ortho nitro benzene ring substituents is 1. The molecule has 0 saturated heterocycles. The summed E-state index contributed by atoms with van der Waals surface area (Å²) in [6.45, 7) is 4.11. The van der Waals surface area contributed by atoms with Crippen LogP contribution in [-0.2, 0) is 0 Å². The lowest BCUT2D eigenvalue weighted by Crippen LogP contribution is -2.30. The number of amides is 3. The van der Waals surface area contributed by atoms with Crippen molar-refractivity contribution in [2.75, 3.05) is 13.6 Å². The first-order valence-electron chi connectivity index (χ1n) is 9.78. The third kappa shape index (κ3) is 3.80. The lowest BCUT2D eigenvalue weighted by Gasteiger charge is -2.25. The van der Waals surface area contributed by atoms with Crippen LogP contribution >= 0.6 is 0 Å². The zero-order valence-electron chi connectivity index (χ0n) is 17.1. The number of imide groups is 1. The zero-order chi connectivity index (χ0) is 22.0. The molecule has 0 N–H and O–H groups in total. The van der Waals surface area contributed by atoms with E-state index in [4.69, 9.17) is 0 Å². The first kappa shape index (κ1) is 21.2. The minimum atomic E-state index is -0.481. The fourth-order valence-corrected chi connectivity index (χ4v) is 3.44. The van der Waals surface area contributed by atoms with Crippen LogP contribution in [-0.4, -0.2) is 46.0 Å². The van der Waals surface area contributed by atoms with Crippen LogP contribution in [0.2, 0.25) is 0 Å². The summed E-state index contributed by atoms with van der Waals surface area (Å²) in [5.74, 6) is -1.06. The van der Waals surface area contributed by atoms with Gasteiger partial charge in [0.2, 0.25) is 0 Å². The number of benzene rings is 2. The molecular formula is C22H23N3O5. The summed E-state index contributed by atoms with van der Waals surface area (Å²) in [7, 11) is 1.60. The molecule has 0 radical (unpaired) electrons. The van der Waals surface area contributed by atoms with Gasteiger partial charge >= 0.3 is 0 Å². The molecule has 1 atom stereocenters. The summed E-state index contributed by atoms with van der Waals surface area (Å²) < 4.78 is 0. The van der Waals surface area contributed by atoms with Crippen molar-refractivity contribution in [3.05, 3.63) is 74.8 Å². The van der Waals surface area contributed by atoms with Gasteiger partial charge in [-0.25, -0.2) is 0 Å². The molecule has 8 heteroatoms. The number of hydrogen-bond donors (Lipinski definition) is 0. The van der Waals surface area contributed by atoms with Gasteiger partial charge in [-0.1, -0.05) is 25.5 Å². The molecule has 0 unspecified atom stereocenters. The molecule has 0 bridgehead atoms. The van der Waals surface area contributed by atoms with Gasteiger partial charge in [-0.05, 0) is 37.1 Å². The Labute approximate surface area is 174 Å². The minimum absolute atomic E-state index is 0.0472. The Morgan fingerprint density at radius 3 is 2.50 bits per heavy atom. The van der Waals surface area contributed by atoms with Gasteiger partial charge in [0.05, 0.1) is 22.1 Å². The number of nitro benzene ring substituents is 1. The van der Waals surface area contributed by atoms with E-state index >= 15 is 0 Å². The Morgan fingerprint density at radius 1 is 1.13 bits per heavy atom. The summed E-state index contributed by atoms with van der Waals surface area (Å²) >= 11 is 0. The van der Waals surface area contributed by atoms with Crippen molar-refractivity contribution in [1.29, 1.82) is 0 Å². The fourth-order valence-electron chi connectivity index (χ4n) is 3.44. The second-order valence-corrected chi connectivity index (χ2v) is 7.32. The van der Waals surface area contributed by atoms with Crippen LogP contribution in [0.25, 0.3) is 0 Å². The second kappa shape index (κ2) is 8.44. The van der Waals surface area contributed by atoms with E-state index in [1.54, 1.807) is 26.1 Å². The molecule has 8 nitrogen and oxygen atoms in total. The Morgan fingerprint density at radius 2 is 1.83 bits per heavy atom. The van der Waals surface area contributed by atoms with E-state index in [1.807, 2.05) is 6.92 Å². The van der Waals surface area contributed by atoms with Crippen LogP contribution in [0, 0.1) is 10.1 Å². The topological polar surface area (TPSA) is 101 Å². The van der Waals surface area contributed by atoms with Gasteiger partial charge in [-0.15, -0.1) is 0 Å². The van der Waals surface area contributed by atoms with Gasteiger partial charge < -0.3 is 4.90 Å². The van der Waals surface area contributed by atoms with Crippen LogP contribution in [0.1, 0.15) is 69.4 Å². The lowest BCUT2D eigenvalue weighted by molar-refractivity contribution is -0.384. The number of hydrogen-bond acceptors (Lipinski definition) is 5. The maximum Gasteiger partial charge on any atom is 0.269 e. The van der Waals surface area contributed by atoms with E-state index in [2.05, 4.69) is 0 Å². The van der Waals surface area contributed by atoms with Crippen molar-refractivity contribution >= 4 is 23.4 Å². The van der Waals surface area contributed by atoms with E-state index in [-0.39, 0.29) is 34.5 Å². The maximum atomic E-state index is 13.0. The van der Waals surface area contributed by atoms with Gasteiger partial charge in [0.15, 0.2) is 0 Å². The third-order valence-electron chi connectivity index (χ3n) is 5.42. The summed E-state index contributed by atoms with van der Waals surface area (Å²) in [5, 5.41) is 11.0. The second-order valence-electron chi connectivity index (χ2n) is 7.32. The number of fused-ring (bicyclic) bond motifs is 1. The zero-order valence-corrected chi connectivity index (χ0v) is 17.1. The van der Waals surface area contributed by atoms with E-state index in [9.17, 15) is 24.5 Å². The molecule has 1 aliphatic heterocycles. The van der Waals surface area contributed by atoms with Crippen molar-refractivity contribution in [3.63, 3.8) is 0 Å². The molecule has 156 valence electrons. The molecule has 3 amide bonds. The van der Waals surface area contributed by atoms with E-state index in [0.717, 1.165) is 12.8 Å². The molecular weight excluding hydrogens is 386 g/mol. The highest BCUT2D eigenvalue weighted by molar-refractivity contribution is 6.22. The molecule has 0 aliphatic carbocycles. The Balaban J connectivity index is 1.84. The van der Waals surface area contributed by atoms with Crippen LogP contribution in [0.4, 0.5) is 5.69 Å². The van der Waals surface area contributed by atoms with Gasteiger partial charge in [-0.2, -0.15) is 0 Å². The van der Waals surface area contributed by atoms with Crippen molar-refractivity contribution < 1.29 is 19.3 Å². The first-order chi connectivity index (χ1) is 14.3. The number of unbranched alkanes of at least 4 members (excludes halogenated alkanes) is 1. The molecule has 2 aromatic carbocycles. The molecule has 0 saturated carbocycles. The van der Waals surface area contributed by atoms with E-state index < -0.39 is 11.0 Å². The average molecular weight is 409 g/mol. The van der Waals surface area contributed by atoms with Gasteiger partial charge in [0.25, 0.3) is 23.4 Å². The van der Waals surface area contributed by atoms with Crippen LogP contribution in [0.5, 0.6) is 0 Å². The van der Waals surface area contributed by atoms with Gasteiger partial charge in [0.1, 0.15) is 0 Å². The number of rotatable bonds is 7. The van der Waals surface area contributed by atoms with Crippen molar-refractivity contribution in [2.24, 2.45) is 0 Å². The predicted octanol–water partition coefficient (Wildman–Crippen LogP) is 3.82. The first-order valence-corrected chi connectivity index (χ1v) is 9.78. The van der Waals surface area contributed by atoms with Crippen molar-refractivity contribution in [3.8, 4) is 0 Å². The molecule has 0 fully saturated rings. The Kier molecular flexibility index (Phi) is 5.96. The standard InChI is InChI=1S/C22H23N3O5/c1-4-5-11-24-21(27)18-10-9-16(13-19(18)22(24)28)20(26)23(3)14(2)15-7-6-8-17(12-15)25(29)30/h6-10,12-14H,4-5,11H2,1-3H3/t14-/m1/s1. The summed E-state index contributed by atoms with van der Waals surface area (Å²) in [4.78, 5) is 51.3. The number of carbonyl (C=O) groups excluding carboxylic acids is 3. The van der Waals surface area contributed by atoms with Crippen LogP contribution in [0.15, 0.2) is 42.5 Å². The van der Waals surface area contributed by atoms with E-state index in [0.29, 0.717) is 17.7 Å². The normalized spacial score (nSPS) is 13.9. The summed E-state index contributed by atoms with van der Waals surface area (Å²) in [6, 6.07) is 10.2. The molecule has 30 heavy (non-hydrogen) atoms. The highest BCUT2D eigenvalue weighted by Crippen LogP contribution is 2.27. The SMILES string of the molecule is CCCCN1C(=O)c2ccc(C(=O)N(C)[C@H](C)c3cccc([N+](=O)[O-])c3)cc2C1=O. The van der Waals surface area contributed by atoms with Gasteiger partial charge in [0, 0.05) is 31.3 Å². The Hall–Kier alpha value is -3.55. The van der Waals surface area contributed by atoms with Gasteiger partial charge in [-0.3, -0.25) is 29.4 Å². The van der Waals surface area contributed by atoms with Crippen LogP contribution < -0.4 is 0 Å². The maximum absolute atomic E-state index is 13.0. The molecule has 1 heterocycles. The molecule has 3 rings (SSSR count). The Bertz CT molecular complexity index is 1030. The average Bonchev–Trinajstić information content (AvgIpc) is 3.00. The predicted molar refractivity (Wildman–Crippen MR) is 110 cm³/mol.